The van der Waals surface area contributed by atoms with Crippen LogP contribution in [0, 0.1) is 0 Å². The van der Waals surface area contributed by atoms with E-state index in [1.807, 2.05) is 73.3 Å². The zero-order valence-electron chi connectivity index (χ0n) is 14.9. The molecule has 0 bridgehead atoms. The van der Waals surface area contributed by atoms with Crippen LogP contribution in [0.15, 0.2) is 59.5 Å². The summed E-state index contributed by atoms with van der Waals surface area (Å²) in [5, 5.41) is 2.57. The Morgan fingerprint density at radius 2 is 1.72 bits per heavy atom. The van der Waals surface area contributed by atoms with Gasteiger partial charge in [0.05, 0.1) is 5.25 Å². The molecule has 0 aromatic heterocycles. The molecule has 1 N–H and O–H groups in total. The highest BCUT2D eigenvalue weighted by molar-refractivity contribution is 8.00. The third kappa shape index (κ3) is 5.94. The minimum Gasteiger partial charge on any atom is -0.338 e. The molecule has 2 rings (SSSR count). The molecule has 0 aliphatic rings. The van der Waals surface area contributed by atoms with Gasteiger partial charge < -0.3 is 10.2 Å². The molecule has 0 radical (unpaired) electrons. The third-order valence-electron chi connectivity index (χ3n) is 3.74. The summed E-state index contributed by atoms with van der Waals surface area (Å²) in [5.41, 5.74) is 1.89. The zero-order valence-corrected chi connectivity index (χ0v) is 15.7. The molecule has 0 heterocycles. The topological polar surface area (TPSA) is 49.4 Å². The van der Waals surface area contributed by atoms with E-state index in [1.165, 1.54) is 18.7 Å². The Balaban J connectivity index is 1.97. The van der Waals surface area contributed by atoms with Gasteiger partial charge in [0.25, 0.3) is 0 Å². The lowest BCUT2D eigenvalue weighted by atomic mass is 10.2. The first-order valence-corrected chi connectivity index (χ1v) is 9.24. The van der Waals surface area contributed by atoms with Crippen LogP contribution >= 0.6 is 11.8 Å². The summed E-state index contributed by atoms with van der Waals surface area (Å²) in [4.78, 5) is 26.7. The van der Waals surface area contributed by atoms with Crippen molar-refractivity contribution in [2.75, 3.05) is 11.9 Å². The number of nitrogens with one attached hydrogen (secondary N) is 1. The maximum absolute atomic E-state index is 12.7. The first kappa shape index (κ1) is 19.1. The van der Waals surface area contributed by atoms with E-state index in [0.717, 1.165) is 16.1 Å². The SMILES string of the molecule is CCN(Cc1ccccc1)C(=O)C(C)Sc1ccc(NC(C)=O)cc1. The molecule has 0 aliphatic carbocycles. The number of thioether (sulfide) groups is 1. The number of carbonyl (C=O) groups excluding carboxylic acids is 2. The van der Waals surface area contributed by atoms with E-state index >= 15 is 0 Å². The van der Waals surface area contributed by atoms with Gasteiger partial charge in [-0.3, -0.25) is 9.59 Å². The molecule has 1 unspecified atom stereocenters. The highest BCUT2D eigenvalue weighted by Crippen LogP contribution is 2.26. The van der Waals surface area contributed by atoms with E-state index in [1.54, 1.807) is 0 Å². The number of nitrogens with zero attached hydrogens (tertiary/aromatic N) is 1. The second kappa shape index (κ2) is 9.28. The highest BCUT2D eigenvalue weighted by Gasteiger charge is 2.20. The van der Waals surface area contributed by atoms with Gasteiger partial charge in [-0.15, -0.1) is 11.8 Å². The molecule has 0 saturated heterocycles. The van der Waals surface area contributed by atoms with E-state index in [-0.39, 0.29) is 17.1 Å². The molecule has 4 nitrogen and oxygen atoms in total. The molecule has 0 fully saturated rings. The molecular formula is C20H24N2O2S. The summed E-state index contributed by atoms with van der Waals surface area (Å²) >= 11 is 1.53. The molecule has 2 amide bonds. The Bertz CT molecular complexity index is 701. The van der Waals surface area contributed by atoms with Gasteiger partial charge in [-0.2, -0.15) is 0 Å². The van der Waals surface area contributed by atoms with Crippen molar-refractivity contribution in [3.63, 3.8) is 0 Å². The maximum Gasteiger partial charge on any atom is 0.236 e. The second-order valence-corrected chi connectivity index (χ2v) is 7.22. The lowest BCUT2D eigenvalue weighted by Crippen LogP contribution is -2.35. The van der Waals surface area contributed by atoms with Crippen LogP contribution in [-0.2, 0) is 16.1 Å². The van der Waals surface area contributed by atoms with Crippen molar-refractivity contribution in [1.29, 1.82) is 0 Å². The summed E-state index contributed by atoms with van der Waals surface area (Å²) in [5.74, 6) is 0.0331. The Morgan fingerprint density at radius 3 is 2.28 bits per heavy atom. The molecule has 25 heavy (non-hydrogen) atoms. The van der Waals surface area contributed by atoms with Crippen LogP contribution in [0.3, 0.4) is 0 Å². The standard InChI is InChI=1S/C20H24N2O2S/c1-4-22(14-17-8-6-5-7-9-17)20(24)15(2)25-19-12-10-18(11-13-19)21-16(3)23/h5-13,15H,4,14H2,1-3H3,(H,21,23). The molecule has 132 valence electrons. The molecule has 1 atom stereocenters. The van der Waals surface area contributed by atoms with Crippen LogP contribution in [0.5, 0.6) is 0 Å². The highest BCUT2D eigenvalue weighted by atomic mass is 32.2. The monoisotopic (exact) mass is 356 g/mol. The van der Waals surface area contributed by atoms with Gasteiger partial charge in [-0.25, -0.2) is 0 Å². The van der Waals surface area contributed by atoms with Crippen molar-refractivity contribution in [3.8, 4) is 0 Å². The minimum absolute atomic E-state index is 0.0940. The second-order valence-electron chi connectivity index (χ2n) is 5.80. The van der Waals surface area contributed by atoms with E-state index in [0.29, 0.717) is 13.1 Å². The van der Waals surface area contributed by atoms with Crippen LogP contribution in [0.2, 0.25) is 0 Å². The van der Waals surface area contributed by atoms with Gasteiger partial charge in [0.1, 0.15) is 0 Å². The van der Waals surface area contributed by atoms with Crippen LogP contribution < -0.4 is 5.32 Å². The van der Waals surface area contributed by atoms with Gasteiger partial charge >= 0.3 is 0 Å². The molecule has 0 saturated carbocycles. The number of anilines is 1. The van der Waals surface area contributed by atoms with Crippen LogP contribution in [-0.4, -0.2) is 28.5 Å². The quantitative estimate of drug-likeness (QED) is 0.757. The Hall–Kier alpha value is -2.27. The lowest BCUT2D eigenvalue weighted by Gasteiger charge is -2.24. The third-order valence-corrected chi connectivity index (χ3v) is 4.84. The summed E-state index contributed by atoms with van der Waals surface area (Å²) in [6.07, 6.45) is 0. The fourth-order valence-corrected chi connectivity index (χ4v) is 3.43. The van der Waals surface area contributed by atoms with Crippen LogP contribution in [0.1, 0.15) is 26.3 Å². The summed E-state index contributed by atoms with van der Waals surface area (Å²) in [6.45, 7) is 6.72. The van der Waals surface area contributed by atoms with Gasteiger partial charge in [-0.05, 0) is 43.7 Å². The van der Waals surface area contributed by atoms with Crippen molar-refractivity contribution in [2.45, 2.75) is 37.5 Å². The van der Waals surface area contributed by atoms with Crippen LogP contribution in [0.25, 0.3) is 0 Å². The molecule has 0 aliphatic heterocycles. The predicted octanol–water partition coefficient (Wildman–Crippen LogP) is 4.17. The van der Waals surface area contributed by atoms with Crippen molar-refractivity contribution in [2.24, 2.45) is 0 Å². The summed E-state index contributed by atoms with van der Waals surface area (Å²) in [7, 11) is 0. The summed E-state index contributed by atoms with van der Waals surface area (Å²) < 4.78 is 0. The molecule has 5 heteroatoms. The van der Waals surface area contributed by atoms with Crippen molar-refractivity contribution < 1.29 is 9.59 Å². The normalized spacial score (nSPS) is 11.6. The lowest BCUT2D eigenvalue weighted by molar-refractivity contribution is -0.130. The zero-order chi connectivity index (χ0) is 18.2. The van der Waals surface area contributed by atoms with Crippen molar-refractivity contribution >= 4 is 29.3 Å². The number of carbonyl (C=O) groups is 2. The Kier molecular flexibility index (Phi) is 7.07. The minimum atomic E-state index is -0.171. The predicted molar refractivity (Wildman–Crippen MR) is 104 cm³/mol. The molecule has 2 aromatic rings. The number of hydrogen-bond donors (Lipinski definition) is 1. The first-order chi connectivity index (χ1) is 12.0. The summed E-state index contributed by atoms with van der Waals surface area (Å²) in [6, 6.07) is 17.6. The van der Waals surface area contributed by atoms with Gasteiger partial charge in [-0.1, -0.05) is 30.3 Å². The number of hydrogen-bond acceptors (Lipinski definition) is 3. The average Bonchev–Trinajstić information content (AvgIpc) is 2.61. The van der Waals surface area contributed by atoms with Gasteiger partial charge in [0.2, 0.25) is 11.8 Å². The van der Waals surface area contributed by atoms with E-state index in [9.17, 15) is 9.59 Å². The number of benzene rings is 2. The first-order valence-electron chi connectivity index (χ1n) is 8.36. The van der Waals surface area contributed by atoms with Crippen LogP contribution in [0.4, 0.5) is 5.69 Å². The van der Waals surface area contributed by atoms with Crippen molar-refractivity contribution in [1.82, 2.24) is 4.90 Å². The molecular weight excluding hydrogens is 332 g/mol. The van der Waals surface area contributed by atoms with E-state index in [2.05, 4.69) is 5.32 Å². The van der Waals surface area contributed by atoms with E-state index < -0.39 is 0 Å². The largest absolute Gasteiger partial charge is 0.338 e. The number of rotatable bonds is 7. The number of amides is 2. The Labute approximate surface area is 153 Å². The molecule has 2 aromatic carbocycles. The fraction of sp³-hybridized carbons (Fsp3) is 0.300. The smallest absolute Gasteiger partial charge is 0.236 e. The maximum atomic E-state index is 12.7. The van der Waals surface area contributed by atoms with E-state index in [4.69, 9.17) is 0 Å². The fourth-order valence-electron chi connectivity index (χ4n) is 2.48. The van der Waals surface area contributed by atoms with Crippen molar-refractivity contribution in [3.05, 3.63) is 60.2 Å². The van der Waals surface area contributed by atoms with Gasteiger partial charge in [0.15, 0.2) is 0 Å². The Morgan fingerprint density at radius 1 is 1.08 bits per heavy atom. The van der Waals surface area contributed by atoms with Gasteiger partial charge in [0, 0.05) is 30.6 Å². The molecule has 0 spiro atoms. The average molecular weight is 356 g/mol.